The summed E-state index contributed by atoms with van der Waals surface area (Å²) in [5.41, 5.74) is 2.19. The third-order valence-corrected chi connectivity index (χ3v) is 4.11. The monoisotopic (exact) mass is 311 g/mol. The van der Waals surface area contributed by atoms with Crippen LogP contribution in [-0.4, -0.2) is 43.7 Å². The second kappa shape index (κ2) is 5.92. The molecule has 1 atom stereocenters. The molecule has 0 aliphatic carbocycles. The number of ketones is 1. The van der Waals surface area contributed by atoms with Gasteiger partial charge in [0.25, 0.3) is 0 Å². The Balaban J connectivity index is 1.39. The average Bonchev–Trinajstić information content (AvgIpc) is 3.15. The van der Waals surface area contributed by atoms with E-state index in [1.807, 2.05) is 30.5 Å². The van der Waals surface area contributed by atoms with E-state index >= 15 is 0 Å². The molecule has 1 aliphatic heterocycles. The van der Waals surface area contributed by atoms with Crippen molar-refractivity contribution in [2.75, 3.05) is 6.61 Å². The van der Waals surface area contributed by atoms with Gasteiger partial charge in [-0.15, -0.1) is 5.10 Å². The summed E-state index contributed by atoms with van der Waals surface area (Å²) in [6.07, 6.45) is 4.14. The van der Waals surface area contributed by atoms with E-state index in [2.05, 4.69) is 20.5 Å². The fourth-order valence-corrected chi connectivity index (χ4v) is 2.72. The third-order valence-electron chi connectivity index (χ3n) is 4.11. The summed E-state index contributed by atoms with van der Waals surface area (Å²) in [5, 5.41) is 16.1. The number of aromatic nitrogens is 5. The van der Waals surface area contributed by atoms with Crippen molar-refractivity contribution in [3.63, 3.8) is 0 Å². The molecule has 1 saturated heterocycles. The number of hydrogen-bond acceptors (Lipinski definition) is 5. The Labute approximate surface area is 132 Å². The summed E-state index contributed by atoms with van der Waals surface area (Å²) in [6.45, 7) is 1.56. The molecule has 0 spiro atoms. The van der Waals surface area contributed by atoms with Crippen LogP contribution in [0.15, 0.2) is 30.5 Å². The van der Waals surface area contributed by atoms with E-state index in [9.17, 15) is 4.79 Å². The Morgan fingerprint density at radius 1 is 1.39 bits per heavy atom. The first-order valence-corrected chi connectivity index (χ1v) is 7.76. The molecule has 1 aliphatic rings. The molecule has 2 aromatic heterocycles. The molecule has 7 nitrogen and oxygen atoms in total. The maximum atomic E-state index is 12.4. The zero-order chi connectivity index (χ0) is 15.6. The lowest BCUT2D eigenvalue weighted by molar-refractivity contribution is -0.0611. The van der Waals surface area contributed by atoms with E-state index in [0.29, 0.717) is 18.5 Å². The highest BCUT2D eigenvalue weighted by molar-refractivity contribution is 6.05. The SMILES string of the molecule is O=C(CCc1cn(CC2CCO2)nn1)c1n[nH]c2ccccc12. The fourth-order valence-electron chi connectivity index (χ4n) is 2.72. The van der Waals surface area contributed by atoms with Gasteiger partial charge in [-0.25, -0.2) is 4.68 Å². The molecule has 7 heteroatoms. The highest BCUT2D eigenvalue weighted by atomic mass is 16.5. The topological polar surface area (TPSA) is 85.7 Å². The third kappa shape index (κ3) is 2.87. The lowest BCUT2D eigenvalue weighted by atomic mass is 10.1. The van der Waals surface area contributed by atoms with Gasteiger partial charge in [0.15, 0.2) is 5.78 Å². The summed E-state index contributed by atoms with van der Waals surface area (Å²) in [6, 6.07) is 7.63. The number of nitrogens with zero attached hydrogens (tertiary/aromatic N) is 4. The first-order chi connectivity index (χ1) is 11.3. The van der Waals surface area contributed by atoms with E-state index in [1.54, 1.807) is 4.68 Å². The number of H-pyrrole nitrogens is 1. The van der Waals surface area contributed by atoms with Crippen LogP contribution in [-0.2, 0) is 17.7 Å². The Morgan fingerprint density at radius 2 is 2.26 bits per heavy atom. The molecule has 4 rings (SSSR count). The van der Waals surface area contributed by atoms with Gasteiger partial charge in [0.1, 0.15) is 5.69 Å². The Kier molecular flexibility index (Phi) is 3.63. The van der Waals surface area contributed by atoms with Crippen LogP contribution in [0.25, 0.3) is 10.9 Å². The molecular weight excluding hydrogens is 294 g/mol. The highest BCUT2D eigenvalue weighted by Gasteiger charge is 2.19. The van der Waals surface area contributed by atoms with E-state index in [-0.39, 0.29) is 11.9 Å². The van der Waals surface area contributed by atoms with Crippen LogP contribution in [0.4, 0.5) is 0 Å². The van der Waals surface area contributed by atoms with Crippen LogP contribution in [0.3, 0.4) is 0 Å². The van der Waals surface area contributed by atoms with Crippen LogP contribution < -0.4 is 0 Å². The van der Waals surface area contributed by atoms with Gasteiger partial charge >= 0.3 is 0 Å². The predicted molar refractivity (Wildman–Crippen MR) is 83.1 cm³/mol. The van der Waals surface area contributed by atoms with Crippen LogP contribution in [0, 0.1) is 0 Å². The van der Waals surface area contributed by atoms with Crippen molar-refractivity contribution >= 4 is 16.7 Å². The molecule has 0 radical (unpaired) electrons. The van der Waals surface area contributed by atoms with E-state index < -0.39 is 0 Å². The Morgan fingerprint density at radius 3 is 3.09 bits per heavy atom. The van der Waals surface area contributed by atoms with Gasteiger partial charge in [-0.1, -0.05) is 23.4 Å². The fraction of sp³-hybridized carbons (Fsp3) is 0.375. The second-order valence-electron chi connectivity index (χ2n) is 5.75. The summed E-state index contributed by atoms with van der Waals surface area (Å²) >= 11 is 0. The number of carbonyl (C=O) groups excluding carboxylic acids is 1. The molecule has 1 aromatic carbocycles. The first kappa shape index (κ1) is 14.1. The average molecular weight is 311 g/mol. The van der Waals surface area contributed by atoms with Crippen molar-refractivity contribution in [3.05, 3.63) is 41.9 Å². The van der Waals surface area contributed by atoms with Crippen LogP contribution in [0.1, 0.15) is 29.0 Å². The highest BCUT2D eigenvalue weighted by Crippen LogP contribution is 2.17. The van der Waals surface area contributed by atoms with Gasteiger partial charge in [-0.05, 0) is 12.5 Å². The van der Waals surface area contributed by atoms with Crippen molar-refractivity contribution in [2.45, 2.75) is 31.9 Å². The number of benzene rings is 1. The quantitative estimate of drug-likeness (QED) is 0.701. The Hall–Kier alpha value is -2.54. The minimum Gasteiger partial charge on any atom is -0.376 e. The lowest BCUT2D eigenvalue weighted by Gasteiger charge is -2.25. The van der Waals surface area contributed by atoms with E-state index in [4.69, 9.17) is 4.74 Å². The number of carbonyl (C=O) groups is 1. The molecule has 0 amide bonds. The molecule has 0 bridgehead atoms. The van der Waals surface area contributed by atoms with Crippen molar-refractivity contribution in [1.29, 1.82) is 0 Å². The molecule has 23 heavy (non-hydrogen) atoms. The van der Waals surface area contributed by atoms with Crippen molar-refractivity contribution in [3.8, 4) is 0 Å². The normalized spacial score (nSPS) is 17.3. The number of ether oxygens (including phenoxy) is 1. The standard InChI is InChI=1S/C16H17N5O2/c22-15(16-13-3-1-2-4-14(13)18-19-16)6-5-11-9-21(20-17-11)10-12-7-8-23-12/h1-4,9,12H,5-8,10H2,(H,18,19). The van der Waals surface area contributed by atoms with Crippen LogP contribution in [0.2, 0.25) is 0 Å². The number of nitrogens with one attached hydrogen (secondary N) is 1. The van der Waals surface area contributed by atoms with Gasteiger partial charge in [0, 0.05) is 31.0 Å². The zero-order valence-corrected chi connectivity index (χ0v) is 12.6. The van der Waals surface area contributed by atoms with Gasteiger partial charge in [-0.2, -0.15) is 5.10 Å². The minimum absolute atomic E-state index is 0.0133. The van der Waals surface area contributed by atoms with Crippen molar-refractivity contribution < 1.29 is 9.53 Å². The maximum absolute atomic E-state index is 12.4. The molecule has 1 unspecified atom stereocenters. The lowest BCUT2D eigenvalue weighted by Crippen LogP contribution is -2.31. The first-order valence-electron chi connectivity index (χ1n) is 7.76. The summed E-state index contributed by atoms with van der Waals surface area (Å²) < 4.78 is 7.16. The molecule has 0 saturated carbocycles. The van der Waals surface area contributed by atoms with Crippen LogP contribution >= 0.6 is 0 Å². The van der Waals surface area contributed by atoms with Gasteiger partial charge in [0.05, 0.1) is 23.9 Å². The number of hydrogen-bond donors (Lipinski definition) is 1. The molecule has 3 aromatic rings. The summed E-state index contributed by atoms with van der Waals surface area (Å²) in [7, 11) is 0. The molecule has 1 N–H and O–H groups in total. The second-order valence-corrected chi connectivity index (χ2v) is 5.75. The number of aromatic amines is 1. The van der Waals surface area contributed by atoms with E-state index in [0.717, 1.165) is 36.2 Å². The summed E-state index contributed by atoms with van der Waals surface area (Å²) in [5.74, 6) is 0.0133. The zero-order valence-electron chi connectivity index (χ0n) is 12.6. The van der Waals surface area contributed by atoms with Crippen LogP contribution in [0.5, 0.6) is 0 Å². The molecule has 1 fully saturated rings. The minimum atomic E-state index is 0.0133. The molecule has 118 valence electrons. The number of Topliss-reactive ketones (excluding diaryl/α,β-unsaturated/α-hetero) is 1. The summed E-state index contributed by atoms with van der Waals surface area (Å²) in [4.78, 5) is 12.4. The largest absolute Gasteiger partial charge is 0.376 e. The Bertz CT molecular complexity index is 834. The number of para-hydroxylation sites is 1. The number of fused-ring (bicyclic) bond motifs is 1. The van der Waals surface area contributed by atoms with Gasteiger partial charge < -0.3 is 4.74 Å². The number of rotatable bonds is 6. The van der Waals surface area contributed by atoms with Gasteiger partial charge in [-0.3, -0.25) is 9.89 Å². The maximum Gasteiger partial charge on any atom is 0.184 e. The van der Waals surface area contributed by atoms with E-state index in [1.165, 1.54) is 0 Å². The van der Waals surface area contributed by atoms with Crippen molar-refractivity contribution in [2.24, 2.45) is 0 Å². The van der Waals surface area contributed by atoms with Crippen molar-refractivity contribution in [1.82, 2.24) is 25.2 Å². The molecule has 3 heterocycles. The van der Waals surface area contributed by atoms with Gasteiger partial charge in [0.2, 0.25) is 0 Å². The smallest absolute Gasteiger partial charge is 0.184 e. The number of aryl methyl sites for hydroxylation is 1. The molecular formula is C16H17N5O2. The predicted octanol–water partition coefficient (Wildman–Crippen LogP) is 1.76.